The summed E-state index contributed by atoms with van der Waals surface area (Å²) in [6, 6.07) is 2.64. The maximum absolute atomic E-state index is 12.5. The number of carbonyl (C=O) groups excluding carboxylic acids is 1. The molecule has 1 aromatic rings. The Morgan fingerprint density at radius 1 is 1.64 bits per heavy atom. The van der Waals surface area contributed by atoms with Crippen molar-refractivity contribution in [1.29, 1.82) is 0 Å². The molecular formula is C6H4FIN2O. The van der Waals surface area contributed by atoms with Crippen molar-refractivity contribution in [2.75, 3.05) is 0 Å². The van der Waals surface area contributed by atoms with Crippen LogP contribution in [0.4, 0.5) is 4.39 Å². The van der Waals surface area contributed by atoms with Crippen molar-refractivity contribution in [3.8, 4) is 0 Å². The molecule has 0 bridgehead atoms. The van der Waals surface area contributed by atoms with Gasteiger partial charge >= 0.3 is 0 Å². The van der Waals surface area contributed by atoms with E-state index in [2.05, 4.69) is 4.98 Å². The van der Waals surface area contributed by atoms with E-state index < -0.39 is 11.9 Å². The van der Waals surface area contributed by atoms with E-state index in [1.807, 2.05) is 22.6 Å². The van der Waals surface area contributed by atoms with Crippen LogP contribution in [-0.2, 0) is 0 Å². The molecule has 0 atom stereocenters. The van der Waals surface area contributed by atoms with Crippen LogP contribution in [0.3, 0.4) is 0 Å². The predicted molar refractivity (Wildman–Crippen MR) is 45.4 cm³/mol. The van der Waals surface area contributed by atoms with Gasteiger partial charge in [0, 0.05) is 9.64 Å². The van der Waals surface area contributed by atoms with Gasteiger partial charge in [0.1, 0.15) is 5.69 Å². The molecule has 58 valence electrons. The van der Waals surface area contributed by atoms with Crippen molar-refractivity contribution in [3.63, 3.8) is 0 Å². The zero-order chi connectivity index (χ0) is 8.43. The van der Waals surface area contributed by atoms with E-state index in [1.54, 1.807) is 0 Å². The first-order valence-electron chi connectivity index (χ1n) is 2.72. The maximum atomic E-state index is 12.5. The van der Waals surface area contributed by atoms with Gasteiger partial charge in [0.2, 0.25) is 5.95 Å². The van der Waals surface area contributed by atoms with E-state index in [0.29, 0.717) is 3.57 Å². The highest BCUT2D eigenvalue weighted by molar-refractivity contribution is 14.1. The number of carbonyl (C=O) groups is 1. The summed E-state index contributed by atoms with van der Waals surface area (Å²) in [5.74, 6) is -1.41. The van der Waals surface area contributed by atoms with Crippen LogP contribution in [-0.4, -0.2) is 10.9 Å². The van der Waals surface area contributed by atoms with Crippen LogP contribution in [0.1, 0.15) is 10.5 Å². The Morgan fingerprint density at radius 2 is 2.27 bits per heavy atom. The number of rotatable bonds is 1. The Kier molecular flexibility index (Phi) is 2.38. The smallest absolute Gasteiger partial charge is 0.267 e. The van der Waals surface area contributed by atoms with Crippen molar-refractivity contribution in [1.82, 2.24) is 4.98 Å². The normalized spacial score (nSPS) is 9.64. The molecule has 1 aromatic heterocycles. The highest BCUT2D eigenvalue weighted by Crippen LogP contribution is 2.06. The molecule has 0 aromatic carbocycles. The third-order valence-electron chi connectivity index (χ3n) is 1.01. The third-order valence-corrected chi connectivity index (χ3v) is 1.63. The predicted octanol–water partition coefficient (Wildman–Crippen LogP) is 0.924. The van der Waals surface area contributed by atoms with Gasteiger partial charge in [0.15, 0.2) is 0 Å². The van der Waals surface area contributed by atoms with Gasteiger partial charge in [-0.15, -0.1) is 0 Å². The molecule has 11 heavy (non-hydrogen) atoms. The lowest BCUT2D eigenvalue weighted by Crippen LogP contribution is -2.13. The van der Waals surface area contributed by atoms with Gasteiger partial charge in [-0.1, -0.05) is 0 Å². The molecule has 5 heteroatoms. The van der Waals surface area contributed by atoms with Crippen molar-refractivity contribution in [2.45, 2.75) is 0 Å². The largest absolute Gasteiger partial charge is 0.364 e. The summed E-state index contributed by atoms with van der Waals surface area (Å²) in [6.45, 7) is 0. The summed E-state index contributed by atoms with van der Waals surface area (Å²) >= 11 is 1.88. The Hall–Kier alpha value is -0.720. The minimum Gasteiger partial charge on any atom is -0.364 e. The molecule has 0 unspecified atom stereocenters. The number of aromatic nitrogens is 1. The number of hydrogen-bond donors (Lipinski definition) is 1. The van der Waals surface area contributed by atoms with Gasteiger partial charge in [0.05, 0.1) is 0 Å². The molecule has 0 radical (unpaired) electrons. The third kappa shape index (κ3) is 2.11. The SMILES string of the molecule is NC(=O)c1cc(I)cc(F)n1. The van der Waals surface area contributed by atoms with Gasteiger partial charge < -0.3 is 5.73 Å². The van der Waals surface area contributed by atoms with Gasteiger partial charge in [-0.25, -0.2) is 4.98 Å². The van der Waals surface area contributed by atoms with Crippen LogP contribution in [0.2, 0.25) is 0 Å². The summed E-state index contributed by atoms with van der Waals surface area (Å²) in [7, 11) is 0. The monoisotopic (exact) mass is 266 g/mol. The van der Waals surface area contributed by atoms with Crippen LogP contribution in [0.5, 0.6) is 0 Å². The molecule has 0 saturated carbocycles. The number of primary amides is 1. The summed E-state index contributed by atoms with van der Waals surface area (Å²) in [6.07, 6.45) is 0. The fourth-order valence-corrected chi connectivity index (χ4v) is 1.14. The Labute approximate surface area is 75.9 Å². The van der Waals surface area contributed by atoms with Crippen LogP contribution in [0.25, 0.3) is 0 Å². The zero-order valence-corrected chi connectivity index (χ0v) is 7.50. The summed E-state index contributed by atoms with van der Waals surface area (Å²) in [5, 5.41) is 0. The van der Waals surface area contributed by atoms with Gasteiger partial charge in [-0.2, -0.15) is 4.39 Å². The minimum absolute atomic E-state index is 0.0469. The summed E-state index contributed by atoms with van der Waals surface area (Å²) < 4.78 is 13.1. The number of hydrogen-bond acceptors (Lipinski definition) is 2. The summed E-state index contributed by atoms with van der Waals surface area (Å²) in [4.78, 5) is 13.8. The Morgan fingerprint density at radius 3 is 2.73 bits per heavy atom. The fraction of sp³-hybridized carbons (Fsp3) is 0. The van der Waals surface area contributed by atoms with Crippen LogP contribution < -0.4 is 5.73 Å². The quantitative estimate of drug-likeness (QED) is 0.607. The van der Waals surface area contributed by atoms with E-state index in [-0.39, 0.29) is 5.69 Å². The van der Waals surface area contributed by atoms with E-state index in [9.17, 15) is 9.18 Å². The first kappa shape index (κ1) is 8.38. The Balaban J connectivity index is 3.19. The number of nitrogens with zero attached hydrogens (tertiary/aromatic N) is 1. The van der Waals surface area contributed by atoms with E-state index in [0.717, 1.165) is 0 Å². The molecule has 3 nitrogen and oxygen atoms in total. The standard InChI is InChI=1S/C6H4FIN2O/c7-5-2-3(8)1-4(10-5)6(9)11/h1-2H,(H2,9,11). The molecule has 0 fully saturated rings. The number of nitrogens with two attached hydrogens (primary N) is 1. The van der Waals surface area contributed by atoms with Crippen LogP contribution in [0.15, 0.2) is 12.1 Å². The van der Waals surface area contributed by atoms with Crippen molar-refractivity contribution < 1.29 is 9.18 Å². The van der Waals surface area contributed by atoms with Crippen molar-refractivity contribution >= 4 is 28.5 Å². The van der Waals surface area contributed by atoms with Crippen molar-refractivity contribution in [2.24, 2.45) is 5.73 Å². The molecule has 0 aliphatic heterocycles. The molecular weight excluding hydrogens is 262 g/mol. The average Bonchev–Trinajstić information content (AvgIpc) is 1.85. The molecule has 1 rings (SSSR count). The first-order chi connectivity index (χ1) is 5.09. The zero-order valence-electron chi connectivity index (χ0n) is 5.34. The molecule has 2 N–H and O–H groups in total. The van der Waals surface area contributed by atoms with Gasteiger partial charge in [-0.3, -0.25) is 4.79 Å². The second-order valence-corrected chi connectivity index (χ2v) is 3.10. The van der Waals surface area contributed by atoms with Crippen molar-refractivity contribution in [3.05, 3.63) is 27.3 Å². The van der Waals surface area contributed by atoms with Crippen LogP contribution >= 0.6 is 22.6 Å². The minimum atomic E-state index is -0.720. The molecule has 1 heterocycles. The lowest BCUT2D eigenvalue weighted by Gasteiger charge is -1.95. The number of pyridine rings is 1. The van der Waals surface area contributed by atoms with E-state index >= 15 is 0 Å². The number of amides is 1. The highest BCUT2D eigenvalue weighted by Gasteiger charge is 2.04. The fourth-order valence-electron chi connectivity index (χ4n) is 0.592. The lowest BCUT2D eigenvalue weighted by atomic mass is 10.3. The second-order valence-electron chi connectivity index (χ2n) is 1.86. The van der Waals surface area contributed by atoms with Gasteiger partial charge in [0.25, 0.3) is 5.91 Å². The average molecular weight is 266 g/mol. The first-order valence-corrected chi connectivity index (χ1v) is 3.80. The summed E-state index contributed by atoms with van der Waals surface area (Å²) in [5.41, 5.74) is 4.83. The highest BCUT2D eigenvalue weighted by atomic mass is 127. The second kappa shape index (κ2) is 3.12. The molecule has 0 saturated heterocycles. The molecule has 0 aliphatic carbocycles. The molecule has 1 amide bonds. The van der Waals surface area contributed by atoms with Gasteiger partial charge in [-0.05, 0) is 28.7 Å². The Bertz CT molecular complexity index is 282. The maximum Gasteiger partial charge on any atom is 0.267 e. The topological polar surface area (TPSA) is 56.0 Å². The van der Waals surface area contributed by atoms with E-state index in [1.165, 1.54) is 12.1 Å². The lowest BCUT2D eigenvalue weighted by molar-refractivity contribution is 0.0994. The molecule has 0 spiro atoms. The van der Waals surface area contributed by atoms with Crippen LogP contribution in [0, 0.1) is 9.52 Å². The number of halogens is 2. The van der Waals surface area contributed by atoms with E-state index in [4.69, 9.17) is 5.73 Å². The molecule has 0 aliphatic rings.